The number of aromatic nitrogens is 1. The number of pyridine rings is 1. The van der Waals surface area contributed by atoms with Gasteiger partial charge in [-0.3, -0.25) is 14.7 Å². The summed E-state index contributed by atoms with van der Waals surface area (Å²) in [5.74, 6) is 0.242. The highest BCUT2D eigenvalue weighted by Gasteiger charge is 2.47. The highest BCUT2D eigenvalue weighted by Crippen LogP contribution is 2.33. The van der Waals surface area contributed by atoms with E-state index in [4.69, 9.17) is 0 Å². The average Bonchev–Trinajstić information content (AvgIpc) is 2.41. The molecule has 4 heteroatoms. The van der Waals surface area contributed by atoms with Gasteiger partial charge in [0.2, 0.25) is 5.91 Å². The lowest BCUT2D eigenvalue weighted by molar-refractivity contribution is -0.154. The minimum absolute atomic E-state index is 0.242. The van der Waals surface area contributed by atoms with Gasteiger partial charge < -0.3 is 4.90 Å². The van der Waals surface area contributed by atoms with Crippen LogP contribution in [0.5, 0.6) is 0 Å². The Kier molecular flexibility index (Phi) is 3.50. The van der Waals surface area contributed by atoms with E-state index in [2.05, 4.69) is 28.6 Å². The number of piperidine rings is 1. The van der Waals surface area contributed by atoms with Crippen LogP contribution in [0.1, 0.15) is 31.5 Å². The van der Waals surface area contributed by atoms with Crippen molar-refractivity contribution in [1.29, 1.82) is 0 Å². The van der Waals surface area contributed by atoms with Crippen LogP contribution in [0.25, 0.3) is 0 Å². The van der Waals surface area contributed by atoms with Gasteiger partial charge in [0.15, 0.2) is 0 Å². The second-order valence-corrected chi connectivity index (χ2v) is 6.40. The van der Waals surface area contributed by atoms with Crippen LogP contribution in [0.3, 0.4) is 0 Å². The van der Waals surface area contributed by atoms with Gasteiger partial charge >= 0.3 is 0 Å². The standard InChI is InChI=1S/C16H23N3O/c1-11(2)18-9-14-7-15(10-18)19(14)16(20)6-13-5-4-12(3)8-17-13/h4-5,8,11,14-15H,6-7,9-10H2,1-3H3. The molecule has 3 heterocycles. The zero-order chi connectivity index (χ0) is 14.3. The van der Waals surface area contributed by atoms with Crippen LogP contribution in [0, 0.1) is 6.92 Å². The fourth-order valence-electron chi connectivity index (χ4n) is 3.32. The van der Waals surface area contributed by atoms with Crippen molar-refractivity contribution >= 4 is 5.91 Å². The minimum Gasteiger partial charge on any atom is -0.334 e. The molecule has 4 nitrogen and oxygen atoms in total. The molecule has 2 atom stereocenters. The zero-order valence-corrected chi connectivity index (χ0v) is 12.5. The van der Waals surface area contributed by atoms with E-state index in [1.54, 1.807) is 0 Å². The number of carbonyl (C=O) groups is 1. The van der Waals surface area contributed by atoms with Gasteiger partial charge in [0.05, 0.1) is 6.42 Å². The highest BCUT2D eigenvalue weighted by molar-refractivity contribution is 5.80. The first-order valence-electron chi connectivity index (χ1n) is 7.51. The van der Waals surface area contributed by atoms with E-state index in [0.29, 0.717) is 24.5 Å². The second kappa shape index (κ2) is 5.17. The van der Waals surface area contributed by atoms with Crippen molar-refractivity contribution in [3.05, 3.63) is 29.6 Å². The van der Waals surface area contributed by atoms with E-state index in [0.717, 1.165) is 24.3 Å². The number of nitrogens with zero attached hydrogens (tertiary/aromatic N) is 3. The van der Waals surface area contributed by atoms with Crippen molar-refractivity contribution < 1.29 is 4.79 Å². The molecule has 2 saturated heterocycles. The summed E-state index contributed by atoms with van der Waals surface area (Å²) in [6.07, 6.45) is 3.45. The molecule has 2 aliphatic rings. The van der Waals surface area contributed by atoms with Gasteiger partial charge in [-0.2, -0.15) is 0 Å². The normalized spacial score (nSPS) is 25.7. The Hall–Kier alpha value is -1.42. The van der Waals surface area contributed by atoms with Gasteiger partial charge in [-0.05, 0) is 38.8 Å². The SMILES string of the molecule is Cc1ccc(CC(=O)N2C3CC2CN(C(C)C)C3)nc1. The molecule has 0 N–H and O–H groups in total. The molecule has 2 unspecified atom stereocenters. The van der Waals surface area contributed by atoms with Crippen LogP contribution in [-0.4, -0.2) is 51.9 Å². The quantitative estimate of drug-likeness (QED) is 0.840. The average molecular weight is 273 g/mol. The third-order valence-corrected chi connectivity index (χ3v) is 4.54. The summed E-state index contributed by atoms with van der Waals surface area (Å²) in [6, 6.07) is 5.41. The minimum atomic E-state index is 0.242. The topological polar surface area (TPSA) is 36.4 Å². The molecule has 1 aromatic heterocycles. The van der Waals surface area contributed by atoms with E-state index in [9.17, 15) is 4.79 Å². The molecule has 1 amide bonds. The summed E-state index contributed by atoms with van der Waals surface area (Å²) in [5.41, 5.74) is 2.01. The van der Waals surface area contributed by atoms with Gasteiger partial charge in [0.25, 0.3) is 0 Å². The van der Waals surface area contributed by atoms with Crippen molar-refractivity contribution in [2.24, 2.45) is 0 Å². The first-order valence-corrected chi connectivity index (χ1v) is 7.51. The predicted molar refractivity (Wildman–Crippen MR) is 78.4 cm³/mol. The summed E-state index contributed by atoms with van der Waals surface area (Å²) >= 11 is 0. The largest absolute Gasteiger partial charge is 0.334 e. The molecule has 108 valence electrons. The van der Waals surface area contributed by atoms with Crippen LogP contribution in [0.4, 0.5) is 0 Å². The Bertz CT molecular complexity index is 485. The molecule has 2 fully saturated rings. The van der Waals surface area contributed by atoms with E-state index in [-0.39, 0.29) is 5.91 Å². The Morgan fingerprint density at radius 3 is 2.60 bits per heavy atom. The van der Waals surface area contributed by atoms with Crippen molar-refractivity contribution in [2.45, 2.75) is 51.7 Å². The molecule has 0 aliphatic carbocycles. The van der Waals surface area contributed by atoms with E-state index in [1.165, 1.54) is 6.42 Å². The van der Waals surface area contributed by atoms with Crippen molar-refractivity contribution in [3.8, 4) is 0 Å². The molecular formula is C16H23N3O. The van der Waals surface area contributed by atoms with E-state index in [1.807, 2.05) is 25.3 Å². The number of hydrogen-bond donors (Lipinski definition) is 0. The van der Waals surface area contributed by atoms with E-state index < -0.39 is 0 Å². The maximum absolute atomic E-state index is 12.4. The number of amides is 1. The van der Waals surface area contributed by atoms with Crippen molar-refractivity contribution in [3.63, 3.8) is 0 Å². The Morgan fingerprint density at radius 1 is 1.35 bits per heavy atom. The molecule has 3 rings (SSSR count). The summed E-state index contributed by atoms with van der Waals surface area (Å²) < 4.78 is 0. The second-order valence-electron chi connectivity index (χ2n) is 6.40. The van der Waals surface area contributed by atoms with Gasteiger partial charge in [0.1, 0.15) is 0 Å². The van der Waals surface area contributed by atoms with Crippen LogP contribution < -0.4 is 0 Å². The summed E-state index contributed by atoms with van der Waals surface area (Å²) in [6.45, 7) is 8.53. The monoisotopic (exact) mass is 273 g/mol. The predicted octanol–water partition coefficient (Wildman–Crippen LogP) is 1.63. The number of piperazine rings is 1. The number of aryl methyl sites for hydroxylation is 1. The van der Waals surface area contributed by atoms with E-state index >= 15 is 0 Å². The fraction of sp³-hybridized carbons (Fsp3) is 0.625. The molecule has 0 saturated carbocycles. The Morgan fingerprint density at radius 2 is 2.05 bits per heavy atom. The molecule has 0 spiro atoms. The smallest absolute Gasteiger partial charge is 0.229 e. The first-order chi connectivity index (χ1) is 9.54. The molecule has 2 aliphatic heterocycles. The highest BCUT2D eigenvalue weighted by atomic mass is 16.2. The zero-order valence-electron chi connectivity index (χ0n) is 12.5. The van der Waals surface area contributed by atoms with Crippen LogP contribution in [0.2, 0.25) is 0 Å². The van der Waals surface area contributed by atoms with Crippen LogP contribution >= 0.6 is 0 Å². The first kappa shape index (κ1) is 13.6. The van der Waals surface area contributed by atoms with Gasteiger partial charge in [0, 0.05) is 43.1 Å². The van der Waals surface area contributed by atoms with Crippen LogP contribution in [-0.2, 0) is 11.2 Å². The third kappa shape index (κ3) is 2.44. The maximum Gasteiger partial charge on any atom is 0.229 e. The van der Waals surface area contributed by atoms with Crippen molar-refractivity contribution in [2.75, 3.05) is 13.1 Å². The van der Waals surface area contributed by atoms with Crippen LogP contribution in [0.15, 0.2) is 18.3 Å². The Labute approximate surface area is 120 Å². The number of carbonyl (C=O) groups excluding carboxylic acids is 1. The number of fused-ring (bicyclic) bond motifs is 2. The number of likely N-dealkylation sites (tertiary alicyclic amines) is 2. The summed E-state index contributed by atoms with van der Waals surface area (Å²) in [7, 11) is 0. The van der Waals surface area contributed by atoms with Crippen molar-refractivity contribution in [1.82, 2.24) is 14.8 Å². The molecule has 20 heavy (non-hydrogen) atoms. The third-order valence-electron chi connectivity index (χ3n) is 4.54. The van der Waals surface area contributed by atoms with Gasteiger partial charge in [-0.1, -0.05) is 6.07 Å². The lowest BCUT2D eigenvalue weighted by Crippen LogP contribution is -2.71. The van der Waals surface area contributed by atoms with Gasteiger partial charge in [-0.25, -0.2) is 0 Å². The fourth-order valence-corrected chi connectivity index (χ4v) is 3.32. The molecule has 0 radical (unpaired) electrons. The number of rotatable bonds is 3. The Balaban J connectivity index is 1.61. The lowest BCUT2D eigenvalue weighted by Gasteiger charge is -2.57. The lowest BCUT2D eigenvalue weighted by atomic mass is 9.86. The summed E-state index contributed by atoms with van der Waals surface area (Å²) in [5, 5.41) is 0. The molecular weight excluding hydrogens is 250 g/mol. The summed E-state index contributed by atoms with van der Waals surface area (Å²) in [4.78, 5) is 21.4. The maximum atomic E-state index is 12.4. The molecule has 2 bridgehead atoms. The molecule has 0 aromatic carbocycles. The van der Waals surface area contributed by atoms with Gasteiger partial charge in [-0.15, -0.1) is 0 Å². The molecule has 1 aromatic rings. The number of hydrogen-bond acceptors (Lipinski definition) is 3.